The highest BCUT2D eigenvalue weighted by atomic mass is 32.1. The summed E-state index contributed by atoms with van der Waals surface area (Å²) in [4.78, 5) is 16.9. The molecule has 0 amide bonds. The van der Waals surface area contributed by atoms with Crippen LogP contribution in [0.1, 0.15) is 26.7 Å². The van der Waals surface area contributed by atoms with Gasteiger partial charge in [0.25, 0.3) is 0 Å². The van der Waals surface area contributed by atoms with Crippen LogP contribution in [0.2, 0.25) is 0 Å². The summed E-state index contributed by atoms with van der Waals surface area (Å²) in [6.07, 6.45) is -0.651. The largest absolute Gasteiger partial charge is 0.490 e. The smallest absolute Gasteiger partial charge is 0.475 e. The lowest BCUT2D eigenvalue weighted by Crippen LogP contribution is -2.38. The summed E-state index contributed by atoms with van der Waals surface area (Å²) < 4.78 is 37.5. The first-order chi connectivity index (χ1) is 18.1. The van der Waals surface area contributed by atoms with Crippen LogP contribution in [-0.4, -0.2) is 62.7 Å². The molecule has 5 rings (SSSR count). The van der Waals surface area contributed by atoms with E-state index >= 15 is 0 Å². The normalized spacial score (nSPS) is 15.7. The number of carboxylic acid groups (broad SMARTS) is 1. The fourth-order valence-corrected chi connectivity index (χ4v) is 4.70. The number of hydrogen-bond donors (Lipinski definition) is 4. The van der Waals surface area contributed by atoms with Crippen LogP contribution >= 0.6 is 11.3 Å². The second-order valence-corrected chi connectivity index (χ2v) is 9.87. The minimum Gasteiger partial charge on any atom is -0.475 e. The van der Waals surface area contributed by atoms with Crippen molar-refractivity contribution in [2.45, 2.75) is 45.0 Å². The maximum absolute atomic E-state index is 10.6. The number of alkyl halides is 3. The molecule has 0 radical (unpaired) electrons. The molecule has 1 saturated heterocycles. The van der Waals surface area contributed by atoms with Gasteiger partial charge in [-0.2, -0.15) is 13.2 Å². The molecule has 4 heterocycles. The van der Waals surface area contributed by atoms with Crippen LogP contribution in [0.3, 0.4) is 0 Å². The van der Waals surface area contributed by atoms with E-state index in [1.165, 1.54) is 6.42 Å². The topological polar surface area (TPSA) is 125 Å². The lowest BCUT2D eigenvalue weighted by atomic mass is 10.1. The van der Waals surface area contributed by atoms with Crippen LogP contribution < -0.4 is 15.4 Å². The molecule has 0 saturated carbocycles. The minimum atomic E-state index is -5.08. The molecule has 1 aliphatic heterocycles. The first-order valence-corrected chi connectivity index (χ1v) is 12.8. The second kappa shape index (κ2) is 11.8. The summed E-state index contributed by atoms with van der Waals surface area (Å²) in [6.45, 7) is 6.07. The van der Waals surface area contributed by atoms with Gasteiger partial charge in [0.2, 0.25) is 11.0 Å². The predicted molar refractivity (Wildman–Crippen MR) is 139 cm³/mol. The van der Waals surface area contributed by atoms with Crippen LogP contribution in [0.4, 0.5) is 18.3 Å². The number of carboxylic acids is 1. The Morgan fingerprint density at radius 1 is 1.24 bits per heavy atom. The van der Waals surface area contributed by atoms with Gasteiger partial charge in [0.1, 0.15) is 5.01 Å². The average molecular weight is 549 g/mol. The standard InChI is InChI=1S/C23H26N6OS.C2HF3O2/c1-14(2)30-21-7-3-6-20(27-21)18-13-25-19-9-8-15(11-17(18)19)22-28-29-23(31-22)26-16-5-4-10-24-12-16;3-2(4,5)1(6)7/h3,6-9,11,13-14,16,24-25H,4-5,10,12H2,1-2H3,(H,26,29);(H,6,7)/t16-;/m1./s1. The Morgan fingerprint density at radius 3 is 2.71 bits per heavy atom. The van der Waals surface area contributed by atoms with Crippen LogP contribution in [0.15, 0.2) is 42.6 Å². The number of nitrogens with one attached hydrogen (secondary N) is 3. The molecule has 0 aliphatic carbocycles. The third-order valence-corrected chi connectivity index (χ3v) is 6.48. The molecule has 202 valence electrons. The van der Waals surface area contributed by atoms with E-state index in [0.29, 0.717) is 11.9 Å². The summed E-state index contributed by atoms with van der Waals surface area (Å²) in [5.74, 6) is -2.12. The van der Waals surface area contributed by atoms with Gasteiger partial charge in [-0.25, -0.2) is 9.78 Å². The Bertz CT molecular complexity index is 1380. The number of anilines is 1. The zero-order chi connectivity index (χ0) is 27.3. The molecule has 0 bridgehead atoms. The molecule has 13 heteroatoms. The van der Waals surface area contributed by atoms with Gasteiger partial charge in [0.15, 0.2) is 0 Å². The van der Waals surface area contributed by atoms with Gasteiger partial charge >= 0.3 is 12.1 Å². The number of piperidine rings is 1. The molecule has 9 nitrogen and oxygen atoms in total. The number of halogens is 3. The van der Waals surface area contributed by atoms with Crippen molar-refractivity contribution in [1.82, 2.24) is 25.5 Å². The van der Waals surface area contributed by atoms with E-state index in [0.717, 1.165) is 57.4 Å². The number of hydrogen-bond acceptors (Lipinski definition) is 8. The molecule has 4 aromatic rings. The number of rotatable bonds is 6. The SMILES string of the molecule is CC(C)Oc1cccc(-c2c[nH]c3ccc(-c4nnc(N[C@@H]5CCCNC5)s4)cc23)n1.O=C(O)C(F)(F)F. The second-order valence-electron chi connectivity index (χ2n) is 8.89. The highest BCUT2D eigenvalue weighted by molar-refractivity contribution is 7.18. The predicted octanol–water partition coefficient (Wildman–Crippen LogP) is 5.33. The monoisotopic (exact) mass is 548 g/mol. The molecule has 38 heavy (non-hydrogen) atoms. The van der Waals surface area contributed by atoms with E-state index in [1.54, 1.807) is 11.3 Å². The van der Waals surface area contributed by atoms with Crippen molar-refractivity contribution in [3.63, 3.8) is 0 Å². The molecule has 4 N–H and O–H groups in total. The zero-order valence-electron chi connectivity index (χ0n) is 20.7. The number of ether oxygens (including phenoxy) is 1. The summed E-state index contributed by atoms with van der Waals surface area (Å²) >= 11 is 1.59. The highest BCUT2D eigenvalue weighted by Gasteiger charge is 2.38. The zero-order valence-corrected chi connectivity index (χ0v) is 21.5. The average Bonchev–Trinajstić information content (AvgIpc) is 3.51. The summed E-state index contributed by atoms with van der Waals surface area (Å²) in [5, 5.41) is 25.7. The van der Waals surface area contributed by atoms with Gasteiger partial charge in [-0.05, 0) is 57.5 Å². The lowest BCUT2D eigenvalue weighted by Gasteiger charge is -2.23. The number of nitrogens with zero attached hydrogens (tertiary/aromatic N) is 3. The van der Waals surface area contributed by atoms with Crippen molar-refractivity contribution >= 4 is 33.3 Å². The third kappa shape index (κ3) is 6.98. The van der Waals surface area contributed by atoms with Gasteiger partial charge in [0, 0.05) is 46.9 Å². The maximum Gasteiger partial charge on any atom is 0.490 e. The van der Waals surface area contributed by atoms with Crippen molar-refractivity contribution in [1.29, 1.82) is 0 Å². The number of carbonyl (C=O) groups is 1. The van der Waals surface area contributed by atoms with Crippen molar-refractivity contribution in [2.75, 3.05) is 18.4 Å². The summed E-state index contributed by atoms with van der Waals surface area (Å²) in [6, 6.07) is 12.6. The third-order valence-electron chi connectivity index (χ3n) is 5.58. The fourth-order valence-electron chi connectivity index (χ4n) is 3.89. The van der Waals surface area contributed by atoms with Crippen LogP contribution in [-0.2, 0) is 4.79 Å². The van der Waals surface area contributed by atoms with Crippen molar-refractivity contribution in [2.24, 2.45) is 0 Å². The highest BCUT2D eigenvalue weighted by Crippen LogP contribution is 2.34. The Balaban J connectivity index is 0.000000426. The molecule has 1 atom stereocenters. The number of aromatic nitrogens is 4. The molecule has 0 unspecified atom stereocenters. The molecule has 0 spiro atoms. The van der Waals surface area contributed by atoms with E-state index in [1.807, 2.05) is 38.2 Å². The Labute approximate surface area is 220 Å². The van der Waals surface area contributed by atoms with Crippen LogP contribution in [0, 0.1) is 0 Å². The van der Waals surface area contributed by atoms with Crippen LogP contribution in [0.5, 0.6) is 5.88 Å². The molecular weight excluding hydrogens is 521 g/mol. The number of fused-ring (bicyclic) bond motifs is 1. The van der Waals surface area contributed by atoms with Gasteiger partial charge in [0.05, 0.1) is 11.8 Å². The van der Waals surface area contributed by atoms with Crippen molar-refractivity contribution < 1.29 is 27.8 Å². The van der Waals surface area contributed by atoms with Gasteiger partial charge in [-0.15, -0.1) is 10.2 Å². The molecular formula is C25H27F3N6O3S. The molecule has 1 fully saturated rings. The maximum atomic E-state index is 10.6. The van der Waals surface area contributed by atoms with Crippen molar-refractivity contribution in [3.05, 3.63) is 42.6 Å². The molecule has 1 aliphatic rings. The summed E-state index contributed by atoms with van der Waals surface area (Å²) in [7, 11) is 0. The van der Waals surface area contributed by atoms with Gasteiger partial charge in [-0.1, -0.05) is 17.4 Å². The Hall–Kier alpha value is -3.71. The first-order valence-electron chi connectivity index (χ1n) is 12.0. The van der Waals surface area contributed by atoms with E-state index < -0.39 is 12.1 Å². The lowest BCUT2D eigenvalue weighted by molar-refractivity contribution is -0.192. The Morgan fingerprint density at radius 2 is 2.03 bits per heavy atom. The van der Waals surface area contributed by atoms with Crippen molar-refractivity contribution in [3.8, 4) is 27.7 Å². The summed E-state index contributed by atoms with van der Waals surface area (Å²) in [5.41, 5.74) is 4.04. The van der Waals surface area contributed by atoms with Gasteiger partial charge < -0.3 is 25.5 Å². The number of H-pyrrole nitrogens is 1. The fraction of sp³-hybridized carbons (Fsp3) is 0.360. The van der Waals surface area contributed by atoms with Crippen LogP contribution in [0.25, 0.3) is 32.7 Å². The minimum absolute atomic E-state index is 0.0851. The molecule has 3 aromatic heterocycles. The quantitative estimate of drug-likeness (QED) is 0.255. The van der Waals surface area contributed by atoms with E-state index in [2.05, 4.69) is 44.0 Å². The van der Waals surface area contributed by atoms with E-state index in [9.17, 15) is 13.2 Å². The van der Waals surface area contributed by atoms with E-state index in [4.69, 9.17) is 19.6 Å². The Kier molecular flexibility index (Phi) is 8.47. The van der Waals surface area contributed by atoms with E-state index in [-0.39, 0.29) is 6.10 Å². The number of aromatic amines is 1. The number of pyridine rings is 1. The van der Waals surface area contributed by atoms with Gasteiger partial charge in [-0.3, -0.25) is 0 Å². The number of aliphatic carboxylic acids is 1. The molecule has 1 aromatic carbocycles. The first kappa shape index (κ1) is 27.3. The number of benzene rings is 1.